The van der Waals surface area contributed by atoms with E-state index in [9.17, 15) is 0 Å². The summed E-state index contributed by atoms with van der Waals surface area (Å²) < 4.78 is 0. The van der Waals surface area contributed by atoms with Gasteiger partial charge in [-0.25, -0.2) is 5.53 Å². The summed E-state index contributed by atoms with van der Waals surface area (Å²) in [5.41, 5.74) is 6.56. The molecular formula is C6H11N3. The molecule has 3 heteroatoms. The number of hydrogen-bond donors (Lipinski definition) is 1. The first kappa shape index (κ1) is 8.09. The monoisotopic (exact) mass is 125 g/mol. The number of rotatable bonds is 3. The molecule has 1 N–H and O–H groups in total. The zero-order valence-corrected chi connectivity index (χ0v) is 5.76. The second-order valence-corrected chi connectivity index (χ2v) is 2.40. The van der Waals surface area contributed by atoms with Crippen LogP contribution in [0.5, 0.6) is 0 Å². The van der Waals surface area contributed by atoms with Gasteiger partial charge in [0.25, 0.3) is 0 Å². The Morgan fingerprint density at radius 1 is 1.67 bits per heavy atom. The van der Waals surface area contributed by atoms with Crippen molar-refractivity contribution in [1.82, 2.24) is 0 Å². The Morgan fingerprint density at radius 2 is 2.22 bits per heavy atom. The molecule has 0 aliphatic heterocycles. The second kappa shape index (κ2) is 4.02. The van der Waals surface area contributed by atoms with Crippen LogP contribution in [0.3, 0.4) is 0 Å². The molecule has 0 fully saturated rings. The van der Waals surface area contributed by atoms with Crippen LogP contribution in [0.1, 0.15) is 20.3 Å². The summed E-state index contributed by atoms with van der Waals surface area (Å²) in [7, 11) is 0. The van der Waals surface area contributed by atoms with E-state index in [-0.39, 0.29) is 0 Å². The molecule has 0 radical (unpaired) electrons. The van der Waals surface area contributed by atoms with E-state index in [0.29, 0.717) is 12.3 Å². The predicted molar refractivity (Wildman–Crippen MR) is 34.0 cm³/mol. The quantitative estimate of drug-likeness (QED) is 0.576. The fraction of sp³-hybridized carbons (Fsp3) is 0.833. The summed E-state index contributed by atoms with van der Waals surface area (Å²) in [5.74, 6) is 0.448. The molecule has 0 saturated carbocycles. The summed E-state index contributed by atoms with van der Waals surface area (Å²) in [6.07, 6.45) is 0.694. The van der Waals surface area contributed by atoms with E-state index in [1.165, 1.54) is 0 Å². The van der Waals surface area contributed by atoms with Gasteiger partial charge in [-0.3, -0.25) is 0 Å². The van der Waals surface area contributed by atoms with E-state index < -0.39 is 6.04 Å². The number of nitrogens with one attached hydrogen (secondary N) is 1. The van der Waals surface area contributed by atoms with Crippen molar-refractivity contribution < 1.29 is 0 Å². The van der Waals surface area contributed by atoms with Crippen molar-refractivity contribution >= 4 is 0 Å². The van der Waals surface area contributed by atoms with Gasteiger partial charge in [0.2, 0.25) is 0 Å². The maximum absolute atomic E-state index is 8.31. The van der Waals surface area contributed by atoms with Gasteiger partial charge in [-0.05, 0) is 12.3 Å². The van der Waals surface area contributed by atoms with Gasteiger partial charge in [-0.1, -0.05) is 13.8 Å². The fourth-order valence-corrected chi connectivity index (χ4v) is 0.581. The average molecular weight is 125 g/mol. The molecule has 0 aromatic heterocycles. The normalized spacial score (nSPS) is 12.7. The third-order valence-electron chi connectivity index (χ3n) is 1.000. The Balaban J connectivity index is 3.59. The van der Waals surface area contributed by atoms with Crippen LogP contribution in [0.15, 0.2) is 5.11 Å². The Kier molecular flexibility index (Phi) is 3.61. The molecule has 0 saturated heterocycles. The van der Waals surface area contributed by atoms with E-state index in [0.717, 1.165) is 0 Å². The lowest BCUT2D eigenvalue weighted by Gasteiger charge is -2.02. The molecular weight excluding hydrogens is 114 g/mol. The van der Waals surface area contributed by atoms with Gasteiger partial charge in [-0.2, -0.15) is 10.4 Å². The van der Waals surface area contributed by atoms with Crippen LogP contribution in [0, 0.1) is 22.8 Å². The molecule has 50 valence electrons. The second-order valence-electron chi connectivity index (χ2n) is 2.40. The molecule has 1 unspecified atom stereocenters. The van der Waals surface area contributed by atoms with Crippen molar-refractivity contribution in [3.8, 4) is 6.07 Å². The SMILES string of the molecule is CC(C)CC(C#N)N=N. The van der Waals surface area contributed by atoms with Crippen molar-refractivity contribution in [1.29, 1.82) is 10.8 Å². The van der Waals surface area contributed by atoms with Crippen LogP contribution >= 0.6 is 0 Å². The summed E-state index contributed by atoms with van der Waals surface area (Å²) in [6, 6.07) is 1.50. The first-order valence-electron chi connectivity index (χ1n) is 2.97. The van der Waals surface area contributed by atoms with E-state index in [1.807, 2.05) is 19.9 Å². The first-order chi connectivity index (χ1) is 4.20. The maximum Gasteiger partial charge on any atom is 0.157 e. The molecule has 1 atom stereocenters. The molecule has 0 aliphatic carbocycles. The van der Waals surface area contributed by atoms with Crippen LogP contribution in [-0.4, -0.2) is 6.04 Å². The van der Waals surface area contributed by atoms with Gasteiger partial charge < -0.3 is 0 Å². The van der Waals surface area contributed by atoms with E-state index in [4.69, 9.17) is 10.8 Å². The molecule has 0 spiro atoms. The zero-order chi connectivity index (χ0) is 7.28. The third-order valence-corrected chi connectivity index (χ3v) is 1.000. The Morgan fingerprint density at radius 3 is 2.33 bits per heavy atom. The molecule has 0 heterocycles. The molecule has 0 aliphatic rings. The lowest BCUT2D eigenvalue weighted by molar-refractivity contribution is 0.536. The number of hydrogen-bond acceptors (Lipinski definition) is 3. The van der Waals surface area contributed by atoms with Gasteiger partial charge in [0.15, 0.2) is 6.04 Å². The van der Waals surface area contributed by atoms with Gasteiger partial charge in [-0.15, -0.1) is 0 Å². The van der Waals surface area contributed by atoms with Gasteiger partial charge in [0.05, 0.1) is 6.07 Å². The van der Waals surface area contributed by atoms with Crippen molar-refractivity contribution in [2.45, 2.75) is 26.3 Å². The average Bonchev–Trinajstić information content (AvgIpc) is 1.82. The van der Waals surface area contributed by atoms with Crippen LogP contribution in [-0.2, 0) is 0 Å². The van der Waals surface area contributed by atoms with Crippen LogP contribution < -0.4 is 0 Å². The van der Waals surface area contributed by atoms with E-state index in [2.05, 4.69) is 5.11 Å². The van der Waals surface area contributed by atoms with Crippen molar-refractivity contribution in [2.24, 2.45) is 11.0 Å². The molecule has 0 aromatic rings. The number of nitrogens with zero attached hydrogens (tertiary/aromatic N) is 2. The highest BCUT2D eigenvalue weighted by Crippen LogP contribution is 2.05. The summed E-state index contributed by atoms with van der Waals surface area (Å²) in [5, 5.41) is 11.4. The minimum absolute atomic E-state index is 0.426. The largest absolute Gasteiger partial charge is 0.208 e. The molecule has 0 aromatic carbocycles. The van der Waals surface area contributed by atoms with Crippen LogP contribution in [0.2, 0.25) is 0 Å². The summed E-state index contributed by atoms with van der Waals surface area (Å²) in [4.78, 5) is 0. The van der Waals surface area contributed by atoms with Crippen molar-refractivity contribution in [3.63, 3.8) is 0 Å². The topological polar surface area (TPSA) is 60.0 Å². The molecule has 0 bridgehead atoms. The molecule has 0 rings (SSSR count). The Labute approximate surface area is 55.2 Å². The Bertz CT molecular complexity index is 123. The minimum atomic E-state index is -0.426. The molecule has 0 amide bonds. The standard InChI is InChI=1S/C6H11N3/c1-5(2)3-6(4-7)9-8/h5-6,8H,3H2,1-2H3. The minimum Gasteiger partial charge on any atom is -0.208 e. The Hall–Kier alpha value is -0.910. The number of nitriles is 1. The summed E-state index contributed by atoms with van der Waals surface area (Å²) >= 11 is 0. The first-order valence-corrected chi connectivity index (χ1v) is 2.97. The lowest BCUT2D eigenvalue weighted by Crippen LogP contribution is -2.03. The zero-order valence-electron chi connectivity index (χ0n) is 5.76. The van der Waals surface area contributed by atoms with Gasteiger partial charge >= 0.3 is 0 Å². The lowest BCUT2D eigenvalue weighted by atomic mass is 10.1. The predicted octanol–water partition coefficient (Wildman–Crippen LogP) is 1.96. The van der Waals surface area contributed by atoms with Gasteiger partial charge in [0, 0.05) is 0 Å². The molecule has 3 nitrogen and oxygen atoms in total. The molecule has 9 heavy (non-hydrogen) atoms. The maximum atomic E-state index is 8.31. The van der Waals surface area contributed by atoms with E-state index in [1.54, 1.807) is 0 Å². The van der Waals surface area contributed by atoms with Crippen LogP contribution in [0.4, 0.5) is 0 Å². The highest BCUT2D eigenvalue weighted by Gasteiger charge is 2.05. The highest BCUT2D eigenvalue weighted by atomic mass is 15.0. The van der Waals surface area contributed by atoms with E-state index >= 15 is 0 Å². The smallest absolute Gasteiger partial charge is 0.157 e. The van der Waals surface area contributed by atoms with Crippen molar-refractivity contribution in [2.75, 3.05) is 0 Å². The summed E-state index contributed by atoms with van der Waals surface area (Å²) in [6.45, 7) is 4.02. The van der Waals surface area contributed by atoms with Crippen molar-refractivity contribution in [3.05, 3.63) is 0 Å². The fourth-order valence-electron chi connectivity index (χ4n) is 0.581. The van der Waals surface area contributed by atoms with Gasteiger partial charge in [0.1, 0.15) is 0 Å². The third kappa shape index (κ3) is 3.65. The van der Waals surface area contributed by atoms with Crippen LogP contribution in [0.25, 0.3) is 0 Å². The highest BCUT2D eigenvalue weighted by molar-refractivity contribution is 4.88.